The quantitative estimate of drug-likeness (QED) is 0.724. The molecular weight excluding hydrogens is 406 g/mol. The van der Waals surface area contributed by atoms with Crippen molar-refractivity contribution in [3.05, 3.63) is 23.2 Å². The standard InChI is InChI=1S/C24H33N5OS/c1-18-14-29(22-6-5-19(13-25)23-24(22)31-17-26-23)16-21(30-18)15-27-11-7-20(8-12-27)28-9-3-2-4-10-28/h5-6,17-18,20-21H,2-4,7-12,14-16H2,1H3/t18-,21-/m1/s1. The molecule has 0 bridgehead atoms. The molecule has 0 aliphatic carbocycles. The lowest BCUT2D eigenvalue weighted by Gasteiger charge is -2.43. The number of anilines is 1. The number of fused-ring (bicyclic) bond motifs is 1. The summed E-state index contributed by atoms with van der Waals surface area (Å²) in [4.78, 5) is 12.3. The summed E-state index contributed by atoms with van der Waals surface area (Å²) in [6.07, 6.45) is 7.18. The van der Waals surface area contributed by atoms with Crippen LogP contribution in [0.3, 0.4) is 0 Å². The van der Waals surface area contributed by atoms with Crippen molar-refractivity contribution >= 4 is 27.2 Å². The van der Waals surface area contributed by atoms with Crippen molar-refractivity contribution in [2.45, 2.75) is 57.3 Å². The van der Waals surface area contributed by atoms with Gasteiger partial charge in [0, 0.05) is 25.7 Å². The van der Waals surface area contributed by atoms with Gasteiger partial charge in [-0.15, -0.1) is 11.3 Å². The van der Waals surface area contributed by atoms with Gasteiger partial charge in [0.15, 0.2) is 0 Å². The van der Waals surface area contributed by atoms with Crippen molar-refractivity contribution in [3.63, 3.8) is 0 Å². The Labute approximate surface area is 189 Å². The summed E-state index contributed by atoms with van der Waals surface area (Å²) in [6, 6.07) is 7.08. The van der Waals surface area contributed by atoms with E-state index in [1.807, 2.05) is 11.6 Å². The number of thiazole rings is 1. The normalized spacial score (nSPS) is 26.9. The highest BCUT2D eigenvalue weighted by Gasteiger charge is 2.31. The van der Waals surface area contributed by atoms with Gasteiger partial charge < -0.3 is 19.4 Å². The fourth-order valence-electron chi connectivity index (χ4n) is 5.66. The largest absolute Gasteiger partial charge is 0.370 e. The molecule has 3 aliphatic heterocycles. The molecule has 0 saturated carbocycles. The van der Waals surface area contributed by atoms with Gasteiger partial charge in [0.25, 0.3) is 0 Å². The highest BCUT2D eigenvalue weighted by Crippen LogP contribution is 2.34. The lowest BCUT2D eigenvalue weighted by atomic mass is 9.99. The molecule has 0 amide bonds. The molecule has 1 aromatic heterocycles. The number of ether oxygens (including phenoxy) is 1. The number of hydrogen-bond donors (Lipinski definition) is 0. The molecular formula is C24H33N5OS. The van der Waals surface area contributed by atoms with E-state index in [9.17, 15) is 5.26 Å². The number of morpholine rings is 1. The Morgan fingerprint density at radius 3 is 2.71 bits per heavy atom. The Hall–Kier alpha value is -1.72. The summed E-state index contributed by atoms with van der Waals surface area (Å²) in [7, 11) is 0. The first kappa shape index (κ1) is 21.1. The van der Waals surface area contributed by atoms with Crippen molar-refractivity contribution < 1.29 is 4.74 Å². The van der Waals surface area contributed by atoms with Crippen molar-refractivity contribution in [1.82, 2.24) is 14.8 Å². The zero-order valence-electron chi connectivity index (χ0n) is 18.5. The van der Waals surface area contributed by atoms with Crippen LogP contribution in [0.15, 0.2) is 17.6 Å². The maximum Gasteiger partial charge on any atom is 0.101 e. The van der Waals surface area contributed by atoms with E-state index in [0.29, 0.717) is 5.56 Å². The summed E-state index contributed by atoms with van der Waals surface area (Å²) in [5.41, 5.74) is 4.54. The van der Waals surface area contributed by atoms with Gasteiger partial charge in [0.05, 0.1) is 33.7 Å². The highest BCUT2D eigenvalue weighted by molar-refractivity contribution is 7.17. The van der Waals surface area contributed by atoms with Gasteiger partial charge in [-0.1, -0.05) is 6.42 Å². The fraction of sp³-hybridized carbons (Fsp3) is 0.667. The van der Waals surface area contributed by atoms with Crippen LogP contribution < -0.4 is 4.90 Å². The summed E-state index contributed by atoms with van der Waals surface area (Å²) < 4.78 is 7.48. The number of likely N-dealkylation sites (tertiary alicyclic amines) is 2. The van der Waals surface area contributed by atoms with Crippen molar-refractivity contribution in [2.75, 3.05) is 50.7 Å². The second kappa shape index (κ2) is 9.41. The average Bonchev–Trinajstić information content (AvgIpc) is 3.29. The van der Waals surface area contributed by atoms with E-state index in [1.165, 1.54) is 64.0 Å². The number of hydrogen-bond acceptors (Lipinski definition) is 7. The first-order valence-electron chi connectivity index (χ1n) is 11.8. The number of rotatable bonds is 4. The van der Waals surface area contributed by atoms with Crippen LogP contribution in [0, 0.1) is 11.3 Å². The van der Waals surface area contributed by atoms with E-state index in [0.717, 1.165) is 35.9 Å². The van der Waals surface area contributed by atoms with E-state index in [4.69, 9.17) is 4.74 Å². The zero-order chi connectivity index (χ0) is 21.2. The summed E-state index contributed by atoms with van der Waals surface area (Å²) >= 11 is 1.63. The maximum atomic E-state index is 9.40. The predicted molar refractivity (Wildman–Crippen MR) is 126 cm³/mol. The first-order valence-corrected chi connectivity index (χ1v) is 12.7. The third-order valence-corrected chi connectivity index (χ3v) is 8.03. The van der Waals surface area contributed by atoms with E-state index in [2.05, 4.69) is 38.7 Å². The second-order valence-corrected chi connectivity index (χ2v) is 10.2. The molecule has 2 aromatic rings. The molecule has 3 aliphatic rings. The van der Waals surface area contributed by atoms with Gasteiger partial charge in [0.1, 0.15) is 11.6 Å². The minimum atomic E-state index is 0.197. The summed E-state index contributed by atoms with van der Waals surface area (Å²) in [5.74, 6) is 0. The molecule has 4 heterocycles. The van der Waals surface area contributed by atoms with E-state index < -0.39 is 0 Å². The molecule has 3 saturated heterocycles. The van der Waals surface area contributed by atoms with E-state index in [1.54, 1.807) is 11.3 Å². The molecule has 5 rings (SSSR count). The molecule has 3 fully saturated rings. The molecule has 0 unspecified atom stereocenters. The smallest absolute Gasteiger partial charge is 0.101 e. The van der Waals surface area contributed by atoms with Gasteiger partial charge >= 0.3 is 0 Å². The second-order valence-electron chi connectivity index (χ2n) is 9.38. The molecule has 31 heavy (non-hydrogen) atoms. The maximum absolute atomic E-state index is 9.40. The number of piperidine rings is 2. The Bertz CT molecular complexity index is 926. The molecule has 0 radical (unpaired) electrons. The molecule has 1 aromatic carbocycles. The lowest BCUT2D eigenvalue weighted by molar-refractivity contribution is -0.0380. The summed E-state index contributed by atoms with van der Waals surface area (Å²) in [5, 5.41) is 9.40. The van der Waals surface area contributed by atoms with Crippen molar-refractivity contribution in [2.24, 2.45) is 0 Å². The Kier molecular flexibility index (Phi) is 6.42. The minimum absolute atomic E-state index is 0.197. The molecule has 0 spiro atoms. The highest BCUT2D eigenvalue weighted by atomic mass is 32.1. The van der Waals surface area contributed by atoms with Crippen LogP contribution in [0.2, 0.25) is 0 Å². The Morgan fingerprint density at radius 1 is 1.13 bits per heavy atom. The van der Waals surface area contributed by atoms with Crippen LogP contribution in [-0.4, -0.2) is 78.8 Å². The van der Waals surface area contributed by atoms with Crippen LogP contribution >= 0.6 is 11.3 Å². The number of nitriles is 1. The average molecular weight is 440 g/mol. The van der Waals surface area contributed by atoms with Crippen LogP contribution in [0.5, 0.6) is 0 Å². The Balaban J connectivity index is 1.22. The van der Waals surface area contributed by atoms with Gasteiger partial charge in [-0.25, -0.2) is 4.98 Å². The molecule has 166 valence electrons. The first-order chi connectivity index (χ1) is 15.2. The fourth-order valence-corrected chi connectivity index (χ4v) is 6.51. The van der Waals surface area contributed by atoms with Gasteiger partial charge in [-0.3, -0.25) is 0 Å². The van der Waals surface area contributed by atoms with Gasteiger partial charge in [-0.2, -0.15) is 5.26 Å². The number of benzene rings is 1. The lowest BCUT2D eigenvalue weighted by Crippen LogP contribution is -2.53. The third kappa shape index (κ3) is 4.58. The van der Waals surface area contributed by atoms with Crippen LogP contribution in [-0.2, 0) is 4.74 Å². The number of nitrogens with zero attached hydrogens (tertiary/aromatic N) is 5. The molecule has 6 nitrogen and oxygen atoms in total. The molecule has 2 atom stereocenters. The SMILES string of the molecule is C[C@@H]1CN(c2ccc(C#N)c3ncsc23)C[C@@H](CN2CCC(N3CCCCC3)CC2)O1. The van der Waals surface area contributed by atoms with Crippen LogP contribution in [0.25, 0.3) is 10.2 Å². The minimum Gasteiger partial charge on any atom is -0.370 e. The summed E-state index contributed by atoms with van der Waals surface area (Å²) in [6.45, 7) is 9.95. The third-order valence-electron chi connectivity index (χ3n) is 7.18. The molecule has 7 heteroatoms. The monoisotopic (exact) mass is 439 g/mol. The van der Waals surface area contributed by atoms with Crippen molar-refractivity contribution in [3.8, 4) is 6.07 Å². The Morgan fingerprint density at radius 2 is 1.94 bits per heavy atom. The van der Waals surface area contributed by atoms with E-state index in [-0.39, 0.29) is 12.2 Å². The van der Waals surface area contributed by atoms with Gasteiger partial charge in [0.2, 0.25) is 0 Å². The number of aromatic nitrogens is 1. The van der Waals surface area contributed by atoms with Crippen LogP contribution in [0.4, 0.5) is 5.69 Å². The zero-order valence-corrected chi connectivity index (χ0v) is 19.3. The predicted octanol–water partition coefficient (Wildman–Crippen LogP) is 3.71. The molecule has 0 N–H and O–H groups in total. The topological polar surface area (TPSA) is 55.6 Å². The van der Waals surface area contributed by atoms with Gasteiger partial charge in [-0.05, 0) is 70.9 Å². The van der Waals surface area contributed by atoms with Crippen LogP contribution in [0.1, 0.15) is 44.6 Å². The van der Waals surface area contributed by atoms with E-state index >= 15 is 0 Å². The van der Waals surface area contributed by atoms with Crippen molar-refractivity contribution in [1.29, 1.82) is 5.26 Å².